The summed E-state index contributed by atoms with van der Waals surface area (Å²) >= 11 is 1.68. The average Bonchev–Trinajstić information content (AvgIpc) is 3.40. The molecule has 6 heteroatoms. The van der Waals surface area contributed by atoms with E-state index in [-0.39, 0.29) is 12.0 Å². The molecule has 1 aliphatic carbocycles. The van der Waals surface area contributed by atoms with Crippen LogP contribution in [0.4, 0.5) is 5.82 Å². The molecular formula is C21H21N3O2S. The first kappa shape index (κ1) is 16.7. The molecule has 1 atom stereocenters. The Morgan fingerprint density at radius 2 is 2.11 bits per heavy atom. The van der Waals surface area contributed by atoms with Crippen LogP contribution in [0.2, 0.25) is 0 Å². The summed E-state index contributed by atoms with van der Waals surface area (Å²) in [5, 5.41) is 9.99. The molecule has 0 saturated heterocycles. The number of benzene rings is 1. The van der Waals surface area contributed by atoms with Crippen molar-refractivity contribution in [3.63, 3.8) is 0 Å². The van der Waals surface area contributed by atoms with E-state index >= 15 is 0 Å². The summed E-state index contributed by atoms with van der Waals surface area (Å²) in [5.74, 6) is 0.800. The highest BCUT2D eigenvalue weighted by molar-refractivity contribution is 7.10. The number of fused-ring (bicyclic) bond motifs is 2. The molecule has 138 valence electrons. The van der Waals surface area contributed by atoms with Gasteiger partial charge >= 0.3 is 0 Å². The predicted octanol–water partition coefficient (Wildman–Crippen LogP) is 4.07. The fourth-order valence-electron chi connectivity index (χ4n) is 4.00. The lowest BCUT2D eigenvalue weighted by Gasteiger charge is -2.23. The van der Waals surface area contributed by atoms with Gasteiger partial charge in [0.1, 0.15) is 11.9 Å². The van der Waals surface area contributed by atoms with E-state index < -0.39 is 0 Å². The topological polar surface area (TPSA) is 56.1 Å². The van der Waals surface area contributed by atoms with Crippen molar-refractivity contribution in [2.45, 2.75) is 38.2 Å². The van der Waals surface area contributed by atoms with Crippen LogP contribution in [0, 0.1) is 0 Å². The number of amides is 1. The number of hydrogen-bond donors (Lipinski definition) is 1. The van der Waals surface area contributed by atoms with Crippen LogP contribution in [0.15, 0.2) is 41.8 Å². The standard InChI is InChI=1S/C21H21N3O2S/c25-19(13-18-20-14(9-11-26-18)10-12-27-20)22-21-16-7-4-8-17(16)23-24(21)15-5-2-1-3-6-15/h1-3,5-6,10,12,18H,4,7-9,11,13H2,(H,22,25). The number of nitrogens with zero attached hydrogens (tertiary/aromatic N) is 2. The molecule has 3 aromatic rings. The Balaban J connectivity index is 1.40. The Labute approximate surface area is 162 Å². The molecule has 0 spiro atoms. The van der Waals surface area contributed by atoms with Crippen LogP contribution in [0.25, 0.3) is 5.69 Å². The molecule has 1 aromatic carbocycles. The number of carbonyl (C=O) groups excluding carboxylic acids is 1. The number of ether oxygens (including phenoxy) is 1. The maximum Gasteiger partial charge on any atom is 0.228 e. The fraction of sp³-hybridized carbons (Fsp3) is 0.333. The summed E-state index contributed by atoms with van der Waals surface area (Å²) in [6, 6.07) is 12.1. The van der Waals surface area contributed by atoms with Crippen LogP contribution in [-0.4, -0.2) is 22.3 Å². The van der Waals surface area contributed by atoms with Gasteiger partial charge in [-0.05, 0) is 54.8 Å². The number of hydrogen-bond acceptors (Lipinski definition) is 4. The molecular weight excluding hydrogens is 358 g/mol. The van der Waals surface area contributed by atoms with Gasteiger partial charge in [-0.2, -0.15) is 5.10 Å². The zero-order valence-electron chi connectivity index (χ0n) is 15.0. The largest absolute Gasteiger partial charge is 0.372 e. The SMILES string of the molecule is O=C(CC1OCCc2ccsc21)Nc1c2c(nn1-c1ccccc1)CCC2. The van der Waals surface area contributed by atoms with Crippen molar-refractivity contribution < 1.29 is 9.53 Å². The number of aromatic nitrogens is 2. The monoisotopic (exact) mass is 379 g/mol. The highest BCUT2D eigenvalue weighted by Gasteiger charge is 2.28. The van der Waals surface area contributed by atoms with Crippen molar-refractivity contribution in [2.75, 3.05) is 11.9 Å². The van der Waals surface area contributed by atoms with Crippen LogP contribution in [0.5, 0.6) is 0 Å². The van der Waals surface area contributed by atoms with Gasteiger partial charge in [0.15, 0.2) is 0 Å². The van der Waals surface area contributed by atoms with Crippen LogP contribution < -0.4 is 5.32 Å². The summed E-state index contributed by atoms with van der Waals surface area (Å²) in [6.45, 7) is 0.680. The number of anilines is 1. The van der Waals surface area contributed by atoms with Gasteiger partial charge in [-0.25, -0.2) is 4.68 Å². The summed E-state index contributed by atoms with van der Waals surface area (Å²) in [6.07, 6.45) is 4.16. The van der Waals surface area contributed by atoms with E-state index in [9.17, 15) is 4.79 Å². The van der Waals surface area contributed by atoms with Gasteiger partial charge < -0.3 is 10.1 Å². The Morgan fingerprint density at radius 1 is 1.22 bits per heavy atom. The lowest BCUT2D eigenvalue weighted by Crippen LogP contribution is -2.22. The molecule has 2 aliphatic rings. The molecule has 27 heavy (non-hydrogen) atoms. The average molecular weight is 379 g/mol. The molecule has 5 rings (SSSR count). The summed E-state index contributed by atoms with van der Waals surface area (Å²) in [5.41, 5.74) is 4.56. The fourth-order valence-corrected chi connectivity index (χ4v) is 5.01. The van der Waals surface area contributed by atoms with E-state index in [4.69, 9.17) is 9.84 Å². The number of rotatable bonds is 4. The molecule has 1 unspecified atom stereocenters. The van der Waals surface area contributed by atoms with E-state index in [1.807, 2.05) is 35.0 Å². The second-order valence-corrected chi connectivity index (χ2v) is 7.99. The zero-order chi connectivity index (χ0) is 18.2. The van der Waals surface area contributed by atoms with E-state index in [2.05, 4.69) is 16.8 Å². The molecule has 1 amide bonds. The molecule has 2 aromatic heterocycles. The zero-order valence-corrected chi connectivity index (χ0v) is 15.8. The quantitative estimate of drug-likeness (QED) is 0.744. The van der Waals surface area contributed by atoms with Crippen molar-refractivity contribution in [3.8, 4) is 5.69 Å². The molecule has 0 bridgehead atoms. The minimum atomic E-state index is -0.144. The van der Waals surface area contributed by atoms with E-state index in [0.717, 1.165) is 42.9 Å². The van der Waals surface area contributed by atoms with Crippen molar-refractivity contribution in [1.82, 2.24) is 9.78 Å². The Bertz CT molecular complexity index is 977. The third-order valence-electron chi connectivity index (χ3n) is 5.30. The summed E-state index contributed by atoms with van der Waals surface area (Å²) in [4.78, 5) is 14.1. The molecule has 0 fully saturated rings. The van der Waals surface area contributed by atoms with Crippen LogP contribution in [0.1, 0.15) is 40.6 Å². The van der Waals surface area contributed by atoms with Crippen molar-refractivity contribution in [2.24, 2.45) is 0 Å². The van der Waals surface area contributed by atoms with Crippen LogP contribution in [-0.2, 0) is 28.8 Å². The molecule has 5 nitrogen and oxygen atoms in total. The summed E-state index contributed by atoms with van der Waals surface area (Å²) < 4.78 is 7.76. The van der Waals surface area contributed by atoms with Crippen molar-refractivity contribution in [3.05, 3.63) is 63.5 Å². The van der Waals surface area contributed by atoms with Crippen LogP contribution >= 0.6 is 11.3 Å². The second kappa shape index (κ2) is 6.94. The number of nitrogens with one attached hydrogen (secondary N) is 1. The predicted molar refractivity (Wildman–Crippen MR) is 106 cm³/mol. The van der Waals surface area contributed by atoms with Crippen LogP contribution in [0.3, 0.4) is 0 Å². The lowest BCUT2D eigenvalue weighted by atomic mass is 10.1. The van der Waals surface area contributed by atoms with E-state index in [1.165, 1.54) is 16.0 Å². The van der Waals surface area contributed by atoms with Gasteiger partial charge in [0.25, 0.3) is 0 Å². The Morgan fingerprint density at radius 3 is 3.00 bits per heavy atom. The normalized spacial score (nSPS) is 18.1. The smallest absolute Gasteiger partial charge is 0.228 e. The second-order valence-electron chi connectivity index (χ2n) is 7.05. The van der Waals surface area contributed by atoms with Gasteiger partial charge in [-0.15, -0.1) is 11.3 Å². The van der Waals surface area contributed by atoms with Gasteiger partial charge in [0, 0.05) is 10.4 Å². The maximum atomic E-state index is 12.9. The molecule has 0 saturated carbocycles. The minimum absolute atomic E-state index is 0.0203. The molecule has 0 radical (unpaired) electrons. The van der Waals surface area contributed by atoms with E-state index in [1.54, 1.807) is 11.3 Å². The highest BCUT2D eigenvalue weighted by atomic mass is 32.1. The third kappa shape index (κ3) is 3.09. The first-order valence-electron chi connectivity index (χ1n) is 9.43. The Hall–Kier alpha value is -2.44. The van der Waals surface area contributed by atoms with E-state index in [0.29, 0.717) is 13.0 Å². The van der Waals surface area contributed by atoms with Gasteiger partial charge in [0.05, 0.1) is 24.4 Å². The first-order valence-corrected chi connectivity index (χ1v) is 10.3. The highest BCUT2D eigenvalue weighted by Crippen LogP contribution is 2.35. The lowest BCUT2D eigenvalue weighted by molar-refractivity contribution is -0.119. The number of aryl methyl sites for hydroxylation is 1. The van der Waals surface area contributed by atoms with Gasteiger partial charge in [-0.3, -0.25) is 4.79 Å². The third-order valence-corrected chi connectivity index (χ3v) is 6.35. The number of thiophene rings is 1. The van der Waals surface area contributed by atoms with Crippen molar-refractivity contribution in [1.29, 1.82) is 0 Å². The van der Waals surface area contributed by atoms with Gasteiger partial charge in [-0.1, -0.05) is 18.2 Å². The number of para-hydroxylation sites is 1. The van der Waals surface area contributed by atoms with Crippen molar-refractivity contribution >= 4 is 23.1 Å². The molecule has 3 heterocycles. The number of carbonyl (C=O) groups is 1. The molecule has 1 N–H and O–H groups in total. The van der Waals surface area contributed by atoms with Gasteiger partial charge in [0.2, 0.25) is 5.91 Å². The first-order chi connectivity index (χ1) is 13.3. The summed E-state index contributed by atoms with van der Waals surface area (Å²) in [7, 11) is 0. The Kier molecular flexibility index (Phi) is 4.30. The molecule has 1 aliphatic heterocycles. The maximum absolute atomic E-state index is 12.9. The minimum Gasteiger partial charge on any atom is -0.372 e.